The van der Waals surface area contributed by atoms with E-state index in [0.717, 1.165) is 11.3 Å². The van der Waals surface area contributed by atoms with Crippen molar-refractivity contribution in [3.63, 3.8) is 0 Å². The lowest BCUT2D eigenvalue weighted by Gasteiger charge is -2.17. The van der Waals surface area contributed by atoms with E-state index in [2.05, 4.69) is 15.6 Å². The monoisotopic (exact) mass is 349 g/mol. The van der Waals surface area contributed by atoms with Crippen LogP contribution in [-0.4, -0.2) is 31.2 Å². The van der Waals surface area contributed by atoms with E-state index < -0.39 is 6.04 Å². The van der Waals surface area contributed by atoms with Crippen molar-refractivity contribution in [2.75, 3.05) is 24.9 Å². The van der Waals surface area contributed by atoms with Gasteiger partial charge in [0.25, 0.3) is 0 Å². The second-order valence-electron chi connectivity index (χ2n) is 5.25. The number of methoxy groups -OCH3 is 2. The molecule has 128 valence electrons. The Labute approximate surface area is 146 Å². The number of nitrogens with one attached hydrogen (secondary N) is 2. The van der Waals surface area contributed by atoms with Gasteiger partial charge in [-0.05, 0) is 31.5 Å². The second kappa shape index (κ2) is 7.88. The third kappa shape index (κ3) is 4.29. The van der Waals surface area contributed by atoms with Gasteiger partial charge in [0.2, 0.25) is 11.8 Å². The SMILES string of the molecule is COc1ccc(N[C@H](C)C(=O)Nc2cc(C)c(Cl)cc2OC)cn1. The fraction of sp³-hybridized carbons (Fsp3) is 0.294. The van der Waals surface area contributed by atoms with Crippen molar-refractivity contribution in [1.29, 1.82) is 0 Å². The molecule has 2 aromatic rings. The average Bonchev–Trinajstić information content (AvgIpc) is 2.58. The number of hydrogen-bond acceptors (Lipinski definition) is 5. The first-order valence-corrected chi connectivity index (χ1v) is 7.74. The first-order chi connectivity index (χ1) is 11.4. The molecule has 0 aliphatic heterocycles. The van der Waals surface area contributed by atoms with Crippen LogP contribution in [0.25, 0.3) is 0 Å². The Kier molecular flexibility index (Phi) is 5.87. The summed E-state index contributed by atoms with van der Waals surface area (Å²) in [6, 6.07) is 6.50. The van der Waals surface area contributed by atoms with Crippen LogP contribution in [0.1, 0.15) is 12.5 Å². The number of carbonyl (C=O) groups is 1. The zero-order valence-electron chi connectivity index (χ0n) is 14.0. The molecule has 2 N–H and O–H groups in total. The maximum atomic E-state index is 12.4. The van der Waals surface area contributed by atoms with Gasteiger partial charge in [-0.15, -0.1) is 0 Å². The minimum atomic E-state index is -0.471. The third-order valence-electron chi connectivity index (χ3n) is 3.46. The molecule has 0 fully saturated rings. The quantitative estimate of drug-likeness (QED) is 0.835. The Morgan fingerprint density at radius 2 is 2.00 bits per heavy atom. The highest BCUT2D eigenvalue weighted by molar-refractivity contribution is 6.31. The smallest absolute Gasteiger partial charge is 0.246 e. The number of hydrogen-bond donors (Lipinski definition) is 2. The standard InChI is InChI=1S/C17H20ClN3O3/c1-10-7-14(15(23-3)8-13(10)18)21-17(22)11(2)20-12-5-6-16(24-4)19-9-12/h5-9,11,20H,1-4H3,(H,21,22)/t11-/m1/s1. The van der Waals surface area contributed by atoms with Crippen LogP contribution in [0, 0.1) is 6.92 Å². The number of ether oxygens (including phenoxy) is 2. The molecule has 0 spiro atoms. The van der Waals surface area contributed by atoms with E-state index in [1.807, 2.05) is 6.92 Å². The van der Waals surface area contributed by atoms with Crippen LogP contribution in [0.2, 0.25) is 5.02 Å². The highest BCUT2D eigenvalue weighted by Crippen LogP contribution is 2.31. The number of benzene rings is 1. The zero-order chi connectivity index (χ0) is 17.7. The summed E-state index contributed by atoms with van der Waals surface area (Å²) in [5, 5.41) is 6.51. The molecule has 0 saturated heterocycles. The summed E-state index contributed by atoms with van der Waals surface area (Å²) >= 11 is 6.07. The molecule has 0 radical (unpaired) electrons. The number of amides is 1. The fourth-order valence-corrected chi connectivity index (χ4v) is 2.23. The number of nitrogens with zero attached hydrogens (tertiary/aromatic N) is 1. The number of pyridine rings is 1. The molecule has 2 rings (SSSR count). The fourth-order valence-electron chi connectivity index (χ4n) is 2.07. The van der Waals surface area contributed by atoms with Gasteiger partial charge in [-0.25, -0.2) is 4.98 Å². The molecule has 0 aliphatic carbocycles. The topological polar surface area (TPSA) is 72.5 Å². The summed E-state index contributed by atoms with van der Waals surface area (Å²) < 4.78 is 10.3. The summed E-state index contributed by atoms with van der Waals surface area (Å²) in [4.78, 5) is 16.5. The Balaban J connectivity index is 2.07. The lowest BCUT2D eigenvalue weighted by atomic mass is 10.2. The van der Waals surface area contributed by atoms with Crippen LogP contribution in [0.5, 0.6) is 11.6 Å². The van der Waals surface area contributed by atoms with Gasteiger partial charge in [0.15, 0.2) is 0 Å². The summed E-state index contributed by atoms with van der Waals surface area (Å²) in [6.07, 6.45) is 1.61. The molecule has 0 bridgehead atoms. The van der Waals surface area contributed by atoms with Gasteiger partial charge < -0.3 is 20.1 Å². The van der Waals surface area contributed by atoms with Crippen LogP contribution in [0.3, 0.4) is 0 Å². The first-order valence-electron chi connectivity index (χ1n) is 7.36. The molecule has 0 aliphatic rings. The van der Waals surface area contributed by atoms with Crippen LogP contribution in [0.15, 0.2) is 30.5 Å². The summed E-state index contributed by atoms with van der Waals surface area (Å²) in [7, 11) is 3.08. The van der Waals surface area contributed by atoms with E-state index in [1.165, 1.54) is 7.11 Å². The van der Waals surface area contributed by atoms with E-state index in [0.29, 0.717) is 22.3 Å². The number of anilines is 2. The van der Waals surface area contributed by atoms with Gasteiger partial charge in [0, 0.05) is 17.2 Å². The number of aromatic nitrogens is 1. The van der Waals surface area contributed by atoms with Crippen LogP contribution in [0.4, 0.5) is 11.4 Å². The van der Waals surface area contributed by atoms with E-state index in [-0.39, 0.29) is 5.91 Å². The normalized spacial score (nSPS) is 11.5. The summed E-state index contributed by atoms with van der Waals surface area (Å²) in [5.41, 5.74) is 2.15. The maximum Gasteiger partial charge on any atom is 0.246 e. The molecule has 24 heavy (non-hydrogen) atoms. The van der Waals surface area contributed by atoms with Gasteiger partial charge in [-0.1, -0.05) is 11.6 Å². The molecule has 1 aromatic carbocycles. The highest BCUT2D eigenvalue weighted by atomic mass is 35.5. The zero-order valence-corrected chi connectivity index (χ0v) is 14.8. The Bertz CT molecular complexity index is 720. The third-order valence-corrected chi connectivity index (χ3v) is 3.87. The van der Waals surface area contributed by atoms with Gasteiger partial charge >= 0.3 is 0 Å². The van der Waals surface area contributed by atoms with E-state index in [9.17, 15) is 4.79 Å². The molecule has 0 unspecified atom stereocenters. The van der Waals surface area contributed by atoms with E-state index >= 15 is 0 Å². The van der Waals surface area contributed by atoms with E-state index in [1.54, 1.807) is 44.5 Å². The van der Waals surface area contributed by atoms with Crippen LogP contribution < -0.4 is 20.1 Å². The summed E-state index contributed by atoms with van der Waals surface area (Å²) in [6.45, 7) is 3.62. The lowest BCUT2D eigenvalue weighted by Crippen LogP contribution is -2.32. The molecule has 6 nitrogen and oxygen atoms in total. The average molecular weight is 350 g/mol. The van der Waals surface area contributed by atoms with Crippen molar-refractivity contribution in [1.82, 2.24) is 4.98 Å². The number of rotatable bonds is 6. The van der Waals surface area contributed by atoms with Crippen molar-refractivity contribution in [3.05, 3.63) is 41.0 Å². The highest BCUT2D eigenvalue weighted by Gasteiger charge is 2.16. The van der Waals surface area contributed by atoms with Crippen molar-refractivity contribution < 1.29 is 14.3 Å². The van der Waals surface area contributed by atoms with Crippen molar-refractivity contribution in [2.45, 2.75) is 19.9 Å². The van der Waals surface area contributed by atoms with Crippen LogP contribution in [-0.2, 0) is 4.79 Å². The molecule has 1 atom stereocenters. The molecule has 1 heterocycles. The van der Waals surface area contributed by atoms with Crippen molar-refractivity contribution in [3.8, 4) is 11.6 Å². The molecule has 0 saturated carbocycles. The van der Waals surface area contributed by atoms with Crippen molar-refractivity contribution >= 4 is 28.9 Å². The predicted molar refractivity (Wildman–Crippen MR) is 95.2 cm³/mol. The first kappa shape index (κ1) is 17.9. The molecular weight excluding hydrogens is 330 g/mol. The lowest BCUT2D eigenvalue weighted by molar-refractivity contribution is -0.116. The van der Waals surface area contributed by atoms with E-state index in [4.69, 9.17) is 21.1 Å². The summed E-state index contributed by atoms with van der Waals surface area (Å²) in [5.74, 6) is 0.821. The minimum Gasteiger partial charge on any atom is -0.495 e. The molecule has 1 amide bonds. The van der Waals surface area contributed by atoms with Gasteiger partial charge in [0.05, 0.1) is 31.8 Å². The Hall–Kier alpha value is -2.47. The van der Waals surface area contributed by atoms with Crippen molar-refractivity contribution in [2.24, 2.45) is 0 Å². The number of aryl methyl sites for hydroxylation is 1. The van der Waals surface area contributed by atoms with Gasteiger partial charge in [-0.3, -0.25) is 4.79 Å². The largest absolute Gasteiger partial charge is 0.495 e. The predicted octanol–water partition coefficient (Wildman–Crippen LogP) is 3.50. The molecule has 7 heteroatoms. The number of halogens is 1. The van der Waals surface area contributed by atoms with Gasteiger partial charge in [0.1, 0.15) is 11.8 Å². The second-order valence-corrected chi connectivity index (χ2v) is 5.65. The molecular formula is C17H20ClN3O3. The molecule has 1 aromatic heterocycles. The Morgan fingerprint density at radius 1 is 1.25 bits per heavy atom. The number of carbonyl (C=O) groups excluding carboxylic acids is 1. The van der Waals surface area contributed by atoms with Gasteiger partial charge in [-0.2, -0.15) is 0 Å². The maximum absolute atomic E-state index is 12.4. The minimum absolute atomic E-state index is 0.203. The van der Waals surface area contributed by atoms with Crippen LogP contribution >= 0.6 is 11.6 Å². The Morgan fingerprint density at radius 3 is 2.58 bits per heavy atom.